The molecule has 0 amide bonds. The van der Waals surface area contributed by atoms with Gasteiger partial charge in [-0.2, -0.15) is 0 Å². The quantitative estimate of drug-likeness (QED) is 0.825. The van der Waals surface area contributed by atoms with Crippen LogP contribution in [0.4, 0.5) is 17.1 Å². The Hall–Kier alpha value is -1.88. The van der Waals surface area contributed by atoms with E-state index in [4.69, 9.17) is 15.2 Å². The number of aryl methyl sites for hydroxylation is 1. The molecule has 3 N–H and O–H groups in total. The van der Waals surface area contributed by atoms with Crippen LogP contribution in [0, 0.1) is 6.92 Å². The minimum Gasteiger partial charge on any atom is -0.493 e. The monoisotopic (exact) mass is 336 g/mol. The first-order valence-corrected chi connectivity index (χ1v) is 6.89. The van der Waals surface area contributed by atoms with E-state index in [-0.39, 0.29) is 0 Å². The van der Waals surface area contributed by atoms with E-state index in [9.17, 15) is 0 Å². The molecule has 2 aromatic rings. The van der Waals surface area contributed by atoms with Crippen LogP contribution in [0.5, 0.6) is 11.5 Å². The van der Waals surface area contributed by atoms with Crippen molar-refractivity contribution >= 4 is 33.0 Å². The Morgan fingerprint density at radius 3 is 2.25 bits per heavy atom. The van der Waals surface area contributed by atoms with Gasteiger partial charge in [0, 0.05) is 16.2 Å². The molecule has 0 saturated carbocycles. The zero-order valence-corrected chi connectivity index (χ0v) is 13.2. The number of rotatable bonds is 4. The maximum atomic E-state index is 6.00. The Morgan fingerprint density at radius 2 is 1.65 bits per heavy atom. The standard InChI is InChI=1S/C15H17BrN2O2/c1-9-6-14(19-2)15(20-3)8-13(9)18-12-5-4-10(16)7-11(12)17/h4-8,18H,17H2,1-3H3. The van der Waals surface area contributed by atoms with Crippen LogP contribution >= 0.6 is 15.9 Å². The molecule has 0 radical (unpaired) electrons. The van der Waals surface area contributed by atoms with Gasteiger partial charge in [-0.05, 0) is 36.8 Å². The number of methoxy groups -OCH3 is 2. The number of hydrogen-bond acceptors (Lipinski definition) is 4. The Labute approximate surface area is 127 Å². The van der Waals surface area contributed by atoms with Gasteiger partial charge in [-0.3, -0.25) is 0 Å². The summed E-state index contributed by atoms with van der Waals surface area (Å²) < 4.78 is 11.5. The van der Waals surface area contributed by atoms with Crippen LogP contribution in [0.3, 0.4) is 0 Å². The summed E-state index contributed by atoms with van der Waals surface area (Å²) in [5.41, 5.74) is 9.50. The second-order valence-corrected chi connectivity index (χ2v) is 5.29. The SMILES string of the molecule is COc1cc(C)c(Nc2ccc(Br)cc2N)cc1OC. The summed E-state index contributed by atoms with van der Waals surface area (Å²) in [4.78, 5) is 0. The summed E-state index contributed by atoms with van der Waals surface area (Å²) in [7, 11) is 3.24. The van der Waals surface area contributed by atoms with Crippen LogP contribution in [-0.2, 0) is 0 Å². The van der Waals surface area contributed by atoms with E-state index >= 15 is 0 Å². The fourth-order valence-electron chi connectivity index (χ4n) is 1.91. The highest BCUT2D eigenvalue weighted by Gasteiger charge is 2.09. The predicted molar refractivity (Wildman–Crippen MR) is 86.1 cm³/mol. The Balaban J connectivity index is 2.38. The van der Waals surface area contributed by atoms with Crippen LogP contribution in [0.15, 0.2) is 34.8 Å². The lowest BCUT2D eigenvalue weighted by atomic mass is 10.1. The van der Waals surface area contributed by atoms with E-state index < -0.39 is 0 Å². The van der Waals surface area contributed by atoms with Gasteiger partial charge in [0.1, 0.15) is 0 Å². The van der Waals surface area contributed by atoms with E-state index in [1.54, 1.807) is 14.2 Å². The lowest BCUT2D eigenvalue weighted by molar-refractivity contribution is 0.355. The highest BCUT2D eigenvalue weighted by atomic mass is 79.9. The van der Waals surface area contributed by atoms with Crippen molar-refractivity contribution in [3.05, 3.63) is 40.4 Å². The minimum atomic E-state index is 0.675. The molecule has 0 spiro atoms. The summed E-state index contributed by atoms with van der Waals surface area (Å²) in [6, 6.07) is 9.55. The van der Waals surface area contributed by atoms with Crippen molar-refractivity contribution in [2.45, 2.75) is 6.92 Å². The number of nitrogens with one attached hydrogen (secondary N) is 1. The van der Waals surface area contributed by atoms with Crippen molar-refractivity contribution in [2.24, 2.45) is 0 Å². The van der Waals surface area contributed by atoms with Crippen molar-refractivity contribution in [2.75, 3.05) is 25.3 Å². The topological polar surface area (TPSA) is 56.5 Å². The number of halogens is 1. The fourth-order valence-corrected chi connectivity index (χ4v) is 2.29. The third-order valence-electron chi connectivity index (χ3n) is 3.01. The number of nitrogens with two attached hydrogens (primary N) is 1. The predicted octanol–water partition coefficient (Wildman–Crippen LogP) is 4.10. The van der Waals surface area contributed by atoms with Crippen LogP contribution in [-0.4, -0.2) is 14.2 Å². The van der Waals surface area contributed by atoms with E-state index in [0.717, 1.165) is 21.4 Å². The lowest BCUT2D eigenvalue weighted by Crippen LogP contribution is -1.99. The van der Waals surface area contributed by atoms with E-state index in [0.29, 0.717) is 17.2 Å². The van der Waals surface area contributed by atoms with Gasteiger partial charge in [0.25, 0.3) is 0 Å². The van der Waals surface area contributed by atoms with Gasteiger partial charge in [0.05, 0.1) is 25.6 Å². The average molecular weight is 337 g/mol. The Kier molecular flexibility index (Phi) is 4.39. The second-order valence-electron chi connectivity index (χ2n) is 4.38. The number of benzene rings is 2. The van der Waals surface area contributed by atoms with Crippen molar-refractivity contribution in [1.29, 1.82) is 0 Å². The van der Waals surface area contributed by atoms with Gasteiger partial charge in [0.2, 0.25) is 0 Å². The smallest absolute Gasteiger partial charge is 0.162 e. The van der Waals surface area contributed by atoms with Crippen molar-refractivity contribution in [1.82, 2.24) is 0 Å². The van der Waals surface area contributed by atoms with E-state index in [2.05, 4.69) is 21.2 Å². The maximum Gasteiger partial charge on any atom is 0.162 e. The third kappa shape index (κ3) is 2.99. The van der Waals surface area contributed by atoms with Gasteiger partial charge in [0.15, 0.2) is 11.5 Å². The second kappa shape index (κ2) is 6.05. The van der Waals surface area contributed by atoms with E-state index in [1.807, 2.05) is 37.3 Å². The highest BCUT2D eigenvalue weighted by molar-refractivity contribution is 9.10. The molecule has 0 heterocycles. The van der Waals surface area contributed by atoms with Crippen LogP contribution in [0.2, 0.25) is 0 Å². The molecule has 0 atom stereocenters. The molecule has 0 fully saturated rings. The molecule has 20 heavy (non-hydrogen) atoms. The zero-order valence-electron chi connectivity index (χ0n) is 11.7. The summed E-state index contributed by atoms with van der Waals surface area (Å²) in [5, 5.41) is 3.31. The van der Waals surface area contributed by atoms with Crippen molar-refractivity contribution in [3.63, 3.8) is 0 Å². The molecule has 0 unspecified atom stereocenters. The van der Waals surface area contributed by atoms with Gasteiger partial charge < -0.3 is 20.5 Å². The first-order chi connectivity index (χ1) is 9.55. The van der Waals surface area contributed by atoms with Crippen molar-refractivity contribution < 1.29 is 9.47 Å². The number of hydrogen-bond donors (Lipinski definition) is 2. The molecule has 0 saturated heterocycles. The fraction of sp³-hybridized carbons (Fsp3) is 0.200. The van der Waals surface area contributed by atoms with Crippen LogP contribution in [0.25, 0.3) is 0 Å². The minimum absolute atomic E-state index is 0.675. The molecule has 2 rings (SSSR count). The third-order valence-corrected chi connectivity index (χ3v) is 3.51. The molecular weight excluding hydrogens is 320 g/mol. The van der Waals surface area contributed by atoms with Crippen molar-refractivity contribution in [3.8, 4) is 11.5 Å². The van der Waals surface area contributed by atoms with E-state index in [1.165, 1.54) is 0 Å². The molecule has 2 aromatic carbocycles. The lowest BCUT2D eigenvalue weighted by Gasteiger charge is -2.15. The largest absolute Gasteiger partial charge is 0.493 e. The average Bonchev–Trinajstić information content (AvgIpc) is 2.43. The highest BCUT2D eigenvalue weighted by Crippen LogP contribution is 2.35. The summed E-state index contributed by atoms with van der Waals surface area (Å²) >= 11 is 3.39. The summed E-state index contributed by atoms with van der Waals surface area (Å²) in [5.74, 6) is 1.38. The Bertz CT molecular complexity index is 630. The summed E-state index contributed by atoms with van der Waals surface area (Å²) in [6.07, 6.45) is 0. The molecule has 106 valence electrons. The molecule has 5 heteroatoms. The van der Waals surface area contributed by atoms with Gasteiger partial charge in [-0.25, -0.2) is 0 Å². The number of ether oxygens (including phenoxy) is 2. The number of anilines is 3. The van der Waals surface area contributed by atoms with Crippen LogP contribution in [0.1, 0.15) is 5.56 Å². The summed E-state index contributed by atoms with van der Waals surface area (Å²) in [6.45, 7) is 2.00. The van der Waals surface area contributed by atoms with Gasteiger partial charge >= 0.3 is 0 Å². The van der Waals surface area contributed by atoms with Gasteiger partial charge in [-0.1, -0.05) is 15.9 Å². The first-order valence-electron chi connectivity index (χ1n) is 6.10. The Morgan fingerprint density at radius 1 is 1.00 bits per heavy atom. The maximum absolute atomic E-state index is 6.00. The number of nitrogen functional groups attached to an aromatic ring is 1. The molecule has 0 aliphatic carbocycles. The normalized spacial score (nSPS) is 10.2. The first kappa shape index (κ1) is 14.5. The molecule has 0 aliphatic heterocycles. The zero-order chi connectivity index (χ0) is 14.7. The molecule has 0 bridgehead atoms. The molecular formula is C15H17BrN2O2. The molecule has 0 aliphatic rings. The van der Waals surface area contributed by atoms with Gasteiger partial charge in [-0.15, -0.1) is 0 Å². The molecule has 0 aromatic heterocycles. The van der Waals surface area contributed by atoms with Crippen LogP contribution < -0.4 is 20.5 Å². The molecule has 4 nitrogen and oxygen atoms in total.